The predicted octanol–water partition coefficient (Wildman–Crippen LogP) is 1.94. The number of hydrogen-bond donors (Lipinski definition) is 0. The molecule has 4 nitrogen and oxygen atoms in total. The van der Waals surface area contributed by atoms with Crippen molar-refractivity contribution in [2.24, 2.45) is 7.05 Å². The van der Waals surface area contributed by atoms with E-state index < -0.39 is 10.0 Å². The highest BCUT2D eigenvalue weighted by Crippen LogP contribution is 2.22. The number of aryl methyl sites for hydroxylation is 1. The first-order valence-electron chi connectivity index (χ1n) is 5.77. The highest BCUT2D eigenvalue weighted by Gasteiger charge is 2.27. The van der Waals surface area contributed by atoms with Crippen molar-refractivity contribution in [2.75, 3.05) is 13.1 Å². The monoisotopic (exact) mass is 276 g/mol. The molecule has 1 aromatic rings. The Hall–Kier alpha value is -0.520. The Morgan fingerprint density at radius 2 is 1.94 bits per heavy atom. The average Bonchev–Trinajstić information content (AvgIpc) is 2.72. The van der Waals surface area contributed by atoms with Crippen LogP contribution >= 0.6 is 11.6 Å². The summed E-state index contributed by atoms with van der Waals surface area (Å²) < 4.78 is 28.0. The van der Waals surface area contributed by atoms with Gasteiger partial charge in [0.1, 0.15) is 4.90 Å². The Bertz CT molecular complexity index is 490. The van der Waals surface area contributed by atoms with Crippen molar-refractivity contribution in [3.05, 3.63) is 18.0 Å². The van der Waals surface area contributed by atoms with Gasteiger partial charge >= 0.3 is 0 Å². The number of alkyl halides is 1. The van der Waals surface area contributed by atoms with Gasteiger partial charge in [-0.3, -0.25) is 0 Å². The predicted molar refractivity (Wildman–Crippen MR) is 67.6 cm³/mol. The summed E-state index contributed by atoms with van der Waals surface area (Å²) in [5.74, 6) is 0.325. The second-order valence-electron chi connectivity index (χ2n) is 4.38. The van der Waals surface area contributed by atoms with Gasteiger partial charge in [-0.05, 0) is 18.9 Å². The van der Waals surface area contributed by atoms with Crippen LogP contribution in [0, 0.1) is 0 Å². The van der Waals surface area contributed by atoms with Gasteiger partial charge in [-0.2, -0.15) is 4.31 Å². The fraction of sp³-hybridized carbons (Fsp3) is 0.636. The summed E-state index contributed by atoms with van der Waals surface area (Å²) in [4.78, 5) is 0.359. The van der Waals surface area contributed by atoms with E-state index in [2.05, 4.69) is 0 Å². The third kappa shape index (κ3) is 2.51. The molecule has 1 aromatic heterocycles. The first-order valence-corrected chi connectivity index (χ1v) is 7.74. The van der Waals surface area contributed by atoms with Crippen LogP contribution in [0.1, 0.15) is 25.0 Å². The second-order valence-corrected chi connectivity index (χ2v) is 6.58. The van der Waals surface area contributed by atoms with E-state index in [9.17, 15) is 8.42 Å². The summed E-state index contributed by atoms with van der Waals surface area (Å²) in [6.45, 7) is 1.26. The van der Waals surface area contributed by atoms with Crippen LogP contribution in [0.25, 0.3) is 0 Å². The van der Waals surface area contributed by atoms with E-state index in [0.717, 1.165) is 25.0 Å². The van der Waals surface area contributed by atoms with E-state index in [1.54, 1.807) is 21.1 Å². The van der Waals surface area contributed by atoms with Crippen molar-refractivity contribution < 1.29 is 8.42 Å². The molecule has 1 aliphatic heterocycles. The molecule has 17 heavy (non-hydrogen) atoms. The molecule has 0 radical (unpaired) electrons. The van der Waals surface area contributed by atoms with Gasteiger partial charge in [-0.25, -0.2) is 8.42 Å². The number of hydrogen-bond acceptors (Lipinski definition) is 2. The highest BCUT2D eigenvalue weighted by molar-refractivity contribution is 7.89. The number of piperidine rings is 1. The van der Waals surface area contributed by atoms with Gasteiger partial charge in [0.2, 0.25) is 10.0 Å². The van der Waals surface area contributed by atoms with Crippen molar-refractivity contribution in [1.29, 1.82) is 0 Å². The van der Waals surface area contributed by atoms with Gasteiger partial charge in [0.25, 0.3) is 0 Å². The summed E-state index contributed by atoms with van der Waals surface area (Å²) in [5, 5.41) is 0. The molecular weight excluding hydrogens is 260 g/mol. The molecule has 0 saturated carbocycles. The topological polar surface area (TPSA) is 42.3 Å². The molecule has 0 amide bonds. The van der Waals surface area contributed by atoms with Gasteiger partial charge < -0.3 is 4.57 Å². The van der Waals surface area contributed by atoms with Gasteiger partial charge in [0, 0.05) is 32.0 Å². The van der Waals surface area contributed by atoms with Crippen LogP contribution in [0.3, 0.4) is 0 Å². The zero-order chi connectivity index (χ0) is 12.5. The molecule has 2 rings (SSSR count). The quantitative estimate of drug-likeness (QED) is 0.792. The molecule has 2 heterocycles. The minimum atomic E-state index is -3.32. The maximum Gasteiger partial charge on any atom is 0.244 e. The summed E-state index contributed by atoms with van der Waals surface area (Å²) in [7, 11) is -1.51. The zero-order valence-corrected chi connectivity index (χ0v) is 11.5. The maximum absolute atomic E-state index is 12.3. The van der Waals surface area contributed by atoms with Crippen LogP contribution in [0.2, 0.25) is 0 Å². The third-order valence-corrected chi connectivity index (χ3v) is 5.31. The zero-order valence-electron chi connectivity index (χ0n) is 9.89. The molecule has 0 bridgehead atoms. The summed E-state index contributed by atoms with van der Waals surface area (Å²) >= 11 is 5.75. The average molecular weight is 277 g/mol. The van der Waals surface area contributed by atoms with E-state index in [-0.39, 0.29) is 0 Å². The van der Waals surface area contributed by atoms with Crippen LogP contribution in [-0.2, 0) is 23.0 Å². The van der Waals surface area contributed by atoms with Crippen LogP contribution in [0.15, 0.2) is 17.2 Å². The van der Waals surface area contributed by atoms with Crippen molar-refractivity contribution in [1.82, 2.24) is 8.87 Å². The molecule has 6 heteroatoms. The Balaban J connectivity index is 2.30. The van der Waals surface area contributed by atoms with Crippen LogP contribution in [0.5, 0.6) is 0 Å². The lowest BCUT2D eigenvalue weighted by Gasteiger charge is -2.25. The smallest absolute Gasteiger partial charge is 0.244 e. The first-order chi connectivity index (χ1) is 8.05. The molecule has 1 fully saturated rings. The molecular formula is C11H17ClN2O2S. The van der Waals surface area contributed by atoms with Gasteiger partial charge in [0.05, 0.1) is 5.88 Å². The normalized spacial score (nSPS) is 18.5. The molecule has 0 unspecified atom stereocenters. The van der Waals surface area contributed by atoms with Gasteiger partial charge in [-0.15, -0.1) is 11.6 Å². The molecule has 0 aromatic carbocycles. The number of rotatable bonds is 3. The van der Waals surface area contributed by atoms with E-state index >= 15 is 0 Å². The van der Waals surface area contributed by atoms with Gasteiger partial charge in [0.15, 0.2) is 0 Å². The van der Waals surface area contributed by atoms with Crippen LogP contribution < -0.4 is 0 Å². The van der Waals surface area contributed by atoms with Crippen molar-refractivity contribution in [3.63, 3.8) is 0 Å². The Labute approximate surface area is 107 Å². The highest BCUT2D eigenvalue weighted by atomic mass is 35.5. The molecule has 1 aliphatic rings. The van der Waals surface area contributed by atoms with Crippen molar-refractivity contribution in [3.8, 4) is 0 Å². The lowest BCUT2D eigenvalue weighted by atomic mass is 10.2. The number of sulfonamides is 1. The number of halogens is 1. The second kappa shape index (κ2) is 5.00. The lowest BCUT2D eigenvalue weighted by molar-refractivity contribution is 0.346. The fourth-order valence-corrected chi connectivity index (χ4v) is 3.98. The Morgan fingerprint density at radius 1 is 1.29 bits per heavy atom. The first kappa shape index (κ1) is 12.9. The molecule has 1 saturated heterocycles. The number of nitrogens with zero attached hydrogens (tertiary/aromatic N) is 2. The summed E-state index contributed by atoms with van der Waals surface area (Å²) in [6, 6.07) is 1.66. The molecule has 0 N–H and O–H groups in total. The Kier molecular flexibility index (Phi) is 3.80. The van der Waals surface area contributed by atoms with E-state index in [0.29, 0.717) is 23.9 Å². The Morgan fingerprint density at radius 3 is 2.47 bits per heavy atom. The van der Waals surface area contributed by atoms with E-state index in [4.69, 9.17) is 11.6 Å². The third-order valence-electron chi connectivity index (χ3n) is 3.17. The minimum Gasteiger partial charge on any atom is -0.352 e. The summed E-state index contributed by atoms with van der Waals surface area (Å²) in [6.07, 6.45) is 4.66. The van der Waals surface area contributed by atoms with Gasteiger partial charge in [-0.1, -0.05) is 6.42 Å². The maximum atomic E-state index is 12.3. The molecule has 96 valence electrons. The largest absolute Gasteiger partial charge is 0.352 e. The van der Waals surface area contributed by atoms with Crippen LogP contribution in [-0.4, -0.2) is 30.4 Å². The lowest BCUT2D eigenvalue weighted by Crippen LogP contribution is -2.35. The van der Waals surface area contributed by atoms with Crippen molar-refractivity contribution in [2.45, 2.75) is 30.0 Å². The van der Waals surface area contributed by atoms with E-state index in [1.807, 2.05) is 7.05 Å². The molecule has 0 spiro atoms. The van der Waals surface area contributed by atoms with Crippen molar-refractivity contribution >= 4 is 21.6 Å². The van der Waals surface area contributed by atoms with E-state index in [1.165, 1.54) is 0 Å². The summed E-state index contributed by atoms with van der Waals surface area (Å²) in [5.41, 5.74) is 0.822. The fourth-order valence-electron chi connectivity index (χ4n) is 2.11. The molecule has 0 aliphatic carbocycles. The SMILES string of the molecule is Cn1cc(S(=O)(=O)N2CCCCC2)cc1CCl. The molecule has 0 atom stereocenters. The minimum absolute atomic E-state index is 0.325. The standard InChI is InChI=1S/C11H17ClN2O2S/c1-13-9-11(7-10(13)8-12)17(15,16)14-5-3-2-4-6-14/h7,9H,2-6,8H2,1H3. The number of aromatic nitrogens is 1. The van der Waals surface area contributed by atoms with Crippen LogP contribution in [0.4, 0.5) is 0 Å².